The maximum Gasteiger partial charge on any atom is 0.330 e. The van der Waals surface area contributed by atoms with Crippen LogP contribution in [-0.4, -0.2) is 27.4 Å². The fourth-order valence-corrected chi connectivity index (χ4v) is 2.07. The molecule has 6 heteroatoms. The summed E-state index contributed by atoms with van der Waals surface area (Å²) in [5, 5.41) is 9.00. The maximum atomic E-state index is 11.7. The Morgan fingerprint density at radius 2 is 2.33 bits per heavy atom. The summed E-state index contributed by atoms with van der Waals surface area (Å²) in [5.74, 6) is 0. The van der Waals surface area contributed by atoms with E-state index in [1.54, 1.807) is 6.08 Å². The fraction of sp³-hybridized carbons (Fsp3) is 0.500. The third kappa shape index (κ3) is 2.44. The van der Waals surface area contributed by atoms with Crippen molar-refractivity contribution in [1.29, 1.82) is 0 Å². The summed E-state index contributed by atoms with van der Waals surface area (Å²) in [4.78, 5) is 25.5. The molecule has 0 bridgehead atoms. The second-order valence-electron chi connectivity index (χ2n) is 4.29. The zero-order valence-electron chi connectivity index (χ0n) is 9.96. The predicted octanol–water partition coefficient (Wildman–Crippen LogP) is -0.0650. The molecule has 1 unspecified atom stereocenters. The maximum absolute atomic E-state index is 11.7. The number of nitrogens with zero attached hydrogens (tertiary/aromatic N) is 1. The number of aromatic nitrogens is 2. The van der Waals surface area contributed by atoms with Crippen molar-refractivity contribution in [3.05, 3.63) is 45.3 Å². The van der Waals surface area contributed by atoms with E-state index in [2.05, 4.69) is 11.6 Å². The highest BCUT2D eigenvalue weighted by molar-refractivity contribution is 5.08. The highest BCUT2D eigenvalue weighted by Gasteiger charge is 2.26. The molecule has 1 saturated heterocycles. The van der Waals surface area contributed by atoms with Crippen molar-refractivity contribution < 1.29 is 9.84 Å². The number of ether oxygens (including phenoxy) is 1. The highest BCUT2D eigenvalue weighted by atomic mass is 16.5. The largest absolute Gasteiger partial charge is 0.394 e. The monoisotopic (exact) mass is 252 g/mol. The minimum absolute atomic E-state index is 0.0614. The van der Waals surface area contributed by atoms with Crippen molar-refractivity contribution in [1.82, 2.24) is 9.55 Å². The van der Waals surface area contributed by atoms with Crippen LogP contribution in [0.15, 0.2) is 28.4 Å². The van der Waals surface area contributed by atoms with Gasteiger partial charge >= 0.3 is 5.69 Å². The Kier molecular flexibility index (Phi) is 3.78. The molecule has 0 spiro atoms. The van der Waals surface area contributed by atoms with Crippen molar-refractivity contribution in [2.24, 2.45) is 0 Å². The molecule has 1 aromatic heterocycles. The van der Waals surface area contributed by atoms with E-state index in [1.165, 1.54) is 10.8 Å². The predicted molar refractivity (Wildman–Crippen MR) is 65.5 cm³/mol. The summed E-state index contributed by atoms with van der Waals surface area (Å²) < 4.78 is 6.89. The number of aromatic amines is 1. The first-order chi connectivity index (χ1) is 8.65. The van der Waals surface area contributed by atoms with E-state index in [-0.39, 0.29) is 12.7 Å². The van der Waals surface area contributed by atoms with E-state index in [0.717, 1.165) is 0 Å². The van der Waals surface area contributed by atoms with Crippen LogP contribution in [0.1, 0.15) is 24.6 Å². The lowest BCUT2D eigenvalue weighted by Crippen LogP contribution is -2.34. The molecule has 0 aliphatic carbocycles. The summed E-state index contributed by atoms with van der Waals surface area (Å²) in [6.45, 7) is 3.51. The first-order valence-electron chi connectivity index (χ1n) is 5.87. The number of hydrogen-bond acceptors (Lipinski definition) is 4. The Morgan fingerprint density at radius 1 is 1.56 bits per heavy atom. The molecule has 1 aromatic rings. The molecule has 2 atom stereocenters. The molecule has 0 saturated carbocycles. The molecule has 2 N–H and O–H groups in total. The minimum atomic E-state index is -0.489. The van der Waals surface area contributed by atoms with Crippen LogP contribution in [0.25, 0.3) is 0 Å². The average molecular weight is 252 g/mol. The molecule has 1 aliphatic heterocycles. The average Bonchev–Trinajstić information content (AvgIpc) is 2.81. The van der Waals surface area contributed by atoms with E-state index in [9.17, 15) is 9.59 Å². The van der Waals surface area contributed by atoms with Crippen LogP contribution in [-0.2, 0) is 11.2 Å². The van der Waals surface area contributed by atoms with Gasteiger partial charge in [0.15, 0.2) is 0 Å². The van der Waals surface area contributed by atoms with Gasteiger partial charge in [0.25, 0.3) is 5.56 Å². The van der Waals surface area contributed by atoms with Gasteiger partial charge in [0, 0.05) is 11.8 Å². The molecular weight excluding hydrogens is 236 g/mol. The van der Waals surface area contributed by atoms with E-state index >= 15 is 0 Å². The number of H-pyrrole nitrogens is 1. The van der Waals surface area contributed by atoms with Crippen LogP contribution in [0, 0.1) is 0 Å². The van der Waals surface area contributed by atoms with Crippen molar-refractivity contribution in [3.8, 4) is 0 Å². The summed E-state index contributed by atoms with van der Waals surface area (Å²) in [6.07, 6.45) is 4.19. The van der Waals surface area contributed by atoms with Crippen LogP contribution in [0.4, 0.5) is 0 Å². The van der Waals surface area contributed by atoms with Crippen LogP contribution >= 0.6 is 0 Å². The lowest BCUT2D eigenvalue weighted by Gasteiger charge is -2.15. The van der Waals surface area contributed by atoms with E-state index in [1.807, 2.05) is 0 Å². The van der Waals surface area contributed by atoms with E-state index < -0.39 is 17.5 Å². The van der Waals surface area contributed by atoms with Gasteiger partial charge in [0.05, 0.1) is 12.7 Å². The van der Waals surface area contributed by atoms with Crippen molar-refractivity contribution >= 4 is 0 Å². The lowest BCUT2D eigenvalue weighted by atomic mass is 10.2. The normalized spacial score (nSPS) is 23.2. The first-order valence-corrected chi connectivity index (χ1v) is 5.87. The summed E-state index contributed by atoms with van der Waals surface area (Å²) >= 11 is 0. The van der Waals surface area contributed by atoms with Crippen LogP contribution in [0.2, 0.25) is 0 Å². The molecule has 2 rings (SSSR count). The Morgan fingerprint density at radius 3 is 2.94 bits per heavy atom. The Labute approximate surface area is 104 Å². The van der Waals surface area contributed by atoms with Gasteiger partial charge < -0.3 is 9.84 Å². The summed E-state index contributed by atoms with van der Waals surface area (Å²) in [7, 11) is 0. The molecule has 0 radical (unpaired) electrons. The zero-order chi connectivity index (χ0) is 13.1. The van der Waals surface area contributed by atoms with E-state index in [0.29, 0.717) is 24.8 Å². The van der Waals surface area contributed by atoms with Gasteiger partial charge in [-0.25, -0.2) is 4.79 Å². The Bertz CT molecular complexity index is 546. The van der Waals surface area contributed by atoms with Gasteiger partial charge in [0.2, 0.25) is 0 Å². The number of nitrogens with one attached hydrogen (secondary N) is 1. The molecular formula is C12H16N2O4. The van der Waals surface area contributed by atoms with Crippen molar-refractivity contribution in [2.75, 3.05) is 6.61 Å². The van der Waals surface area contributed by atoms with Gasteiger partial charge in [-0.1, -0.05) is 6.08 Å². The molecule has 0 aromatic carbocycles. The van der Waals surface area contributed by atoms with Crippen LogP contribution in [0.5, 0.6) is 0 Å². The molecule has 1 fully saturated rings. The fourth-order valence-electron chi connectivity index (χ4n) is 2.07. The summed E-state index contributed by atoms with van der Waals surface area (Å²) in [5.41, 5.74) is -0.412. The van der Waals surface area contributed by atoms with Gasteiger partial charge in [-0.2, -0.15) is 0 Å². The lowest BCUT2D eigenvalue weighted by molar-refractivity contribution is -0.0247. The second kappa shape index (κ2) is 5.32. The van der Waals surface area contributed by atoms with Gasteiger partial charge in [-0.15, -0.1) is 6.58 Å². The third-order valence-corrected chi connectivity index (χ3v) is 3.00. The van der Waals surface area contributed by atoms with Crippen molar-refractivity contribution in [3.63, 3.8) is 0 Å². The molecule has 0 amide bonds. The molecule has 6 nitrogen and oxygen atoms in total. The molecule has 1 aliphatic rings. The van der Waals surface area contributed by atoms with Crippen LogP contribution < -0.4 is 11.2 Å². The number of aliphatic hydroxyl groups excluding tert-OH is 1. The van der Waals surface area contributed by atoms with Gasteiger partial charge in [0.1, 0.15) is 6.23 Å². The topological polar surface area (TPSA) is 84.3 Å². The molecule has 98 valence electrons. The number of rotatable bonds is 4. The Hall–Kier alpha value is -1.66. The standard InChI is InChI=1S/C12H16N2O4/c1-2-3-8-6-14(12(17)13-11(8)16)10-5-4-9(7-15)18-10/h2,6,9-10,15H,1,3-5,7H2,(H,13,16,17)/t9-,10?/m0/s1. The highest BCUT2D eigenvalue weighted by Crippen LogP contribution is 2.26. The first kappa shape index (κ1) is 12.8. The number of hydrogen-bond donors (Lipinski definition) is 2. The second-order valence-corrected chi connectivity index (χ2v) is 4.29. The van der Waals surface area contributed by atoms with Crippen molar-refractivity contribution in [2.45, 2.75) is 31.6 Å². The van der Waals surface area contributed by atoms with Gasteiger partial charge in [-0.05, 0) is 19.3 Å². The summed E-state index contributed by atoms with van der Waals surface area (Å²) in [6, 6.07) is 0. The third-order valence-electron chi connectivity index (χ3n) is 3.00. The minimum Gasteiger partial charge on any atom is -0.394 e. The molecule has 2 heterocycles. The number of allylic oxidation sites excluding steroid dienone is 1. The quantitative estimate of drug-likeness (QED) is 0.735. The Balaban J connectivity index is 2.33. The van der Waals surface area contributed by atoms with E-state index in [4.69, 9.17) is 9.84 Å². The number of aliphatic hydroxyl groups is 1. The smallest absolute Gasteiger partial charge is 0.330 e. The molecule has 18 heavy (non-hydrogen) atoms. The SMILES string of the molecule is C=CCc1cn(C2CC[C@@H](CO)O2)c(=O)[nH]c1=O. The zero-order valence-corrected chi connectivity index (χ0v) is 9.96. The van der Waals surface area contributed by atoms with Crippen LogP contribution in [0.3, 0.4) is 0 Å². The van der Waals surface area contributed by atoms with Gasteiger partial charge in [-0.3, -0.25) is 14.3 Å².